The quantitative estimate of drug-likeness (QED) is 0.857. The summed E-state index contributed by atoms with van der Waals surface area (Å²) in [5, 5.41) is 4.40. The zero-order valence-electron chi connectivity index (χ0n) is 8.54. The van der Waals surface area contributed by atoms with Gasteiger partial charge in [-0.1, -0.05) is 13.8 Å². The summed E-state index contributed by atoms with van der Waals surface area (Å²) in [6.07, 6.45) is 0. The highest BCUT2D eigenvalue weighted by Crippen LogP contribution is 2.16. The van der Waals surface area contributed by atoms with Crippen molar-refractivity contribution in [1.29, 1.82) is 0 Å². The fourth-order valence-corrected chi connectivity index (χ4v) is 2.23. The molecule has 0 aliphatic rings. The molecular weight excluding hydrogens is 325 g/mol. The van der Waals surface area contributed by atoms with Gasteiger partial charge in [0.1, 0.15) is 0 Å². The van der Waals surface area contributed by atoms with E-state index < -0.39 is 0 Å². The second-order valence-electron chi connectivity index (χ2n) is 3.44. The maximum absolute atomic E-state index is 11.5. The number of carbonyl (C=O) groups excluding carboxylic acids is 2. The lowest BCUT2D eigenvalue weighted by atomic mass is 10.1. The first-order chi connectivity index (χ1) is 7.00. The number of rotatable bonds is 4. The van der Waals surface area contributed by atoms with Crippen LogP contribution in [0.5, 0.6) is 0 Å². The normalized spacial score (nSPS) is 10.4. The van der Waals surface area contributed by atoms with Crippen LogP contribution in [0, 0.1) is 8.80 Å². The molecule has 0 aliphatic heterocycles. The summed E-state index contributed by atoms with van der Waals surface area (Å²) in [6, 6.07) is 1.81. The number of hydrogen-bond acceptors (Lipinski definition) is 3. The van der Waals surface area contributed by atoms with Gasteiger partial charge in [-0.3, -0.25) is 9.59 Å². The van der Waals surface area contributed by atoms with Gasteiger partial charge in [-0.25, -0.2) is 0 Å². The molecule has 0 unspecified atom stereocenters. The summed E-state index contributed by atoms with van der Waals surface area (Å²) in [5.74, 6) is -0.163. The second-order valence-corrected chi connectivity index (χ2v) is 6.25. The lowest BCUT2D eigenvalue weighted by Crippen LogP contribution is -2.31. The van der Waals surface area contributed by atoms with Crippen LogP contribution in [-0.2, 0) is 4.79 Å². The number of amides is 1. The molecule has 1 amide bonds. The monoisotopic (exact) mass is 337 g/mol. The minimum absolute atomic E-state index is 0.0343. The lowest BCUT2D eigenvalue weighted by Gasteiger charge is -2.05. The van der Waals surface area contributed by atoms with E-state index in [-0.39, 0.29) is 24.2 Å². The van der Waals surface area contributed by atoms with Crippen molar-refractivity contribution in [3.63, 3.8) is 0 Å². The third-order valence-electron chi connectivity index (χ3n) is 1.90. The van der Waals surface area contributed by atoms with Crippen molar-refractivity contribution in [3.05, 3.63) is 19.9 Å². The highest BCUT2D eigenvalue weighted by atomic mass is 127. The van der Waals surface area contributed by atoms with Crippen molar-refractivity contribution >= 4 is 45.6 Å². The summed E-state index contributed by atoms with van der Waals surface area (Å²) in [7, 11) is 0. The number of thiophene rings is 1. The third-order valence-corrected chi connectivity index (χ3v) is 3.69. The van der Waals surface area contributed by atoms with E-state index in [4.69, 9.17) is 0 Å². The van der Waals surface area contributed by atoms with Crippen molar-refractivity contribution < 1.29 is 9.59 Å². The SMILES string of the molecule is CC(C)C(=O)CNC(=O)c1csc(I)c1. The van der Waals surface area contributed by atoms with Crippen molar-refractivity contribution in [2.45, 2.75) is 13.8 Å². The Labute approximate surface area is 106 Å². The Morgan fingerprint density at radius 1 is 1.53 bits per heavy atom. The average molecular weight is 337 g/mol. The van der Waals surface area contributed by atoms with E-state index in [2.05, 4.69) is 27.9 Å². The summed E-state index contributed by atoms with van der Waals surface area (Å²) < 4.78 is 1.06. The number of Topliss-reactive ketones (excluding diaryl/α,β-unsaturated/α-hetero) is 1. The Kier molecular flexibility index (Phi) is 4.72. The topological polar surface area (TPSA) is 46.2 Å². The van der Waals surface area contributed by atoms with Crippen LogP contribution >= 0.6 is 33.9 Å². The van der Waals surface area contributed by atoms with Crippen LogP contribution in [0.25, 0.3) is 0 Å². The highest BCUT2D eigenvalue weighted by molar-refractivity contribution is 14.1. The summed E-state index contributed by atoms with van der Waals surface area (Å²) >= 11 is 3.67. The molecule has 0 aliphatic carbocycles. The van der Waals surface area contributed by atoms with Gasteiger partial charge < -0.3 is 5.32 Å². The molecular formula is C10H12INO2S. The molecule has 0 spiro atoms. The minimum Gasteiger partial charge on any atom is -0.345 e. The molecule has 82 valence electrons. The second kappa shape index (κ2) is 5.60. The summed E-state index contributed by atoms with van der Waals surface area (Å²) in [5.41, 5.74) is 0.626. The maximum Gasteiger partial charge on any atom is 0.252 e. The average Bonchev–Trinajstić information content (AvgIpc) is 2.60. The van der Waals surface area contributed by atoms with Crippen LogP contribution in [-0.4, -0.2) is 18.2 Å². The molecule has 1 aromatic rings. The Morgan fingerprint density at radius 2 is 2.20 bits per heavy atom. The van der Waals surface area contributed by atoms with E-state index in [1.165, 1.54) is 11.3 Å². The van der Waals surface area contributed by atoms with Gasteiger partial charge in [0.2, 0.25) is 0 Å². The molecule has 0 saturated carbocycles. The first-order valence-electron chi connectivity index (χ1n) is 4.55. The highest BCUT2D eigenvalue weighted by Gasteiger charge is 2.11. The van der Waals surface area contributed by atoms with Gasteiger partial charge >= 0.3 is 0 Å². The van der Waals surface area contributed by atoms with Gasteiger partial charge in [-0.05, 0) is 28.7 Å². The van der Waals surface area contributed by atoms with Crippen LogP contribution in [0.15, 0.2) is 11.4 Å². The van der Waals surface area contributed by atoms with Gasteiger partial charge in [0.25, 0.3) is 5.91 Å². The fourth-order valence-electron chi connectivity index (χ4n) is 0.903. The fraction of sp³-hybridized carbons (Fsp3) is 0.400. The third kappa shape index (κ3) is 3.90. The van der Waals surface area contributed by atoms with Crippen molar-refractivity contribution in [3.8, 4) is 0 Å². The molecule has 0 atom stereocenters. The Balaban J connectivity index is 2.47. The van der Waals surface area contributed by atoms with E-state index in [9.17, 15) is 9.59 Å². The van der Waals surface area contributed by atoms with Crippen molar-refractivity contribution in [1.82, 2.24) is 5.32 Å². The van der Waals surface area contributed by atoms with Gasteiger partial charge in [-0.2, -0.15) is 0 Å². The van der Waals surface area contributed by atoms with Crippen LogP contribution < -0.4 is 5.32 Å². The molecule has 0 aromatic carbocycles. The van der Waals surface area contributed by atoms with Gasteiger partial charge in [0, 0.05) is 11.3 Å². The number of carbonyl (C=O) groups is 2. The molecule has 0 radical (unpaired) electrons. The zero-order chi connectivity index (χ0) is 11.4. The predicted molar refractivity (Wildman–Crippen MR) is 69.2 cm³/mol. The van der Waals surface area contributed by atoms with E-state index in [1.54, 1.807) is 11.4 Å². The van der Waals surface area contributed by atoms with Crippen molar-refractivity contribution in [2.24, 2.45) is 5.92 Å². The Morgan fingerprint density at radius 3 is 2.67 bits per heavy atom. The largest absolute Gasteiger partial charge is 0.345 e. The molecule has 3 nitrogen and oxygen atoms in total. The van der Waals surface area contributed by atoms with Gasteiger partial charge in [0.15, 0.2) is 5.78 Å². The molecule has 0 saturated heterocycles. The summed E-state index contributed by atoms with van der Waals surface area (Å²) in [6.45, 7) is 3.76. The number of hydrogen-bond donors (Lipinski definition) is 1. The molecule has 1 rings (SSSR count). The smallest absolute Gasteiger partial charge is 0.252 e. The number of nitrogens with one attached hydrogen (secondary N) is 1. The molecule has 5 heteroatoms. The van der Waals surface area contributed by atoms with E-state index >= 15 is 0 Å². The minimum atomic E-state index is -0.178. The van der Waals surface area contributed by atoms with Crippen LogP contribution in [0.4, 0.5) is 0 Å². The number of halogens is 1. The maximum atomic E-state index is 11.5. The number of ketones is 1. The van der Waals surface area contributed by atoms with E-state index in [0.29, 0.717) is 5.56 Å². The standard InChI is InChI=1S/C10H12INO2S/c1-6(2)8(13)4-12-10(14)7-3-9(11)15-5-7/h3,5-6H,4H2,1-2H3,(H,12,14). The predicted octanol–water partition coefficient (Wildman–Crippen LogP) is 2.31. The summed E-state index contributed by atoms with van der Waals surface area (Å²) in [4.78, 5) is 22.8. The van der Waals surface area contributed by atoms with Crippen LogP contribution in [0.3, 0.4) is 0 Å². The van der Waals surface area contributed by atoms with Crippen LogP contribution in [0.1, 0.15) is 24.2 Å². The Hall–Kier alpha value is -0.430. The zero-order valence-corrected chi connectivity index (χ0v) is 11.5. The first kappa shape index (κ1) is 12.6. The lowest BCUT2D eigenvalue weighted by molar-refractivity contribution is -0.120. The van der Waals surface area contributed by atoms with Crippen molar-refractivity contribution in [2.75, 3.05) is 6.54 Å². The molecule has 1 heterocycles. The first-order valence-corrected chi connectivity index (χ1v) is 6.51. The Bertz CT molecular complexity index is 373. The molecule has 0 fully saturated rings. The van der Waals surface area contributed by atoms with E-state index in [1.807, 2.05) is 13.8 Å². The van der Waals surface area contributed by atoms with Gasteiger partial charge in [0.05, 0.1) is 15.0 Å². The molecule has 1 aromatic heterocycles. The van der Waals surface area contributed by atoms with Crippen LogP contribution in [0.2, 0.25) is 0 Å². The molecule has 0 bridgehead atoms. The van der Waals surface area contributed by atoms with Gasteiger partial charge in [-0.15, -0.1) is 11.3 Å². The molecule has 1 N–H and O–H groups in total. The van der Waals surface area contributed by atoms with E-state index in [0.717, 1.165) is 2.88 Å². The molecule has 15 heavy (non-hydrogen) atoms.